The number of aromatic nitrogens is 1. The topological polar surface area (TPSA) is 139 Å². The predicted molar refractivity (Wildman–Crippen MR) is 176 cm³/mol. The summed E-state index contributed by atoms with van der Waals surface area (Å²) in [5.74, 6) is -1.93. The smallest absolute Gasteiger partial charge is 0.407 e. The summed E-state index contributed by atoms with van der Waals surface area (Å²) >= 11 is 1.40. The third-order valence-electron chi connectivity index (χ3n) is 10.7. The first kappa shape index (κ1) is 33.2. The lowest BCUT2D eigenvalue weighted by Gasteiger charge is -2.32. The van der Waals surface area contributed by atoms with Crippen LogP contribution in [0, 0.1) is 34.8 Å². The number of benzene rings is 2. The van der Waals surface area contributed by atoms with Gasteiger partial charge in [-0.1, -0.05) is 24.3 Å². The molecule has 0 spiro atoms. The van der Waals surface area contributed by atoms with Crippen LogP contribution in [0.2, 0.25) is 0 Å². The molecule has 1 amide bonds. The molecular formula is C34H40F2N4O7S2. The number of fused-ring (bicyclic) bond motifs is 2. The van der Waals surface area contributed by atoms with Gasteiger partial charge in [0.2, 0.25) is 10.0 Å². The van der Waals surface area contributed by atoms with Crippen molar-refractivity contribution >= 4 is 42.8 Å². The maximum absolute atomic E-state index is 14.3. The number of aliphatic hydroxyl groups excluding tert-OH is 1. The van der Waals surface area contributed by atoms with Crippen molar-refractivity contribution in [3.8, 4) is 0 Å². The molecule has 2 saturated heterocycles. The zero-order valence-electron chi connectivity index (χ0n) is 27.0. The minimum atomic E-state index is -4.11. The summed E-state index contributed by atoms with van der Waals surface area (Å²) in [5, 5.41) is 18.6. The molecule has 5 fully saturated rings. The van der Waals surface area contributed by atoms with Crippen molar-refractivity contribution in [1.29, 1.82) is 0 Å². The van der Waals surface area contributed by atoms with Gasteiger partial charge in [0.15, 0.2) is 23.1 Å². The number of sulfonamides is 1. The molecule has 5 aliphatic rings. The van der Waals surface area contributed by atoms with E-state index in [9.17, 15) is 27.1 Å². The Morgan fingerprint density at radius 2 is 1.94 bits per heavy atom. The van der Waals surface area contributed by atoms with Crippen molar-refractivity contribution in [2.24, 2.45) is 23.2 Å². The zero-order valence-corrected chi connectivity index (χ0v) is 28.7. The van der Waals surface area contributed by atoms with Gasteiger partial charge in [-0.05, 0) is 79.8 Å². The average molecular weight is 719 g/mol. The third-order valence-corrected chi connectivity index (χ3v) is 13.5. The number of carbonyl (C=O) groups is 1. The van der Waals surface area contributed by atoms with Crippen molar-refractivity contribution in [2.75, 3.05) is 31.6 Å². The lowest BCUT2D eigenvalue weighted by Crippen LogP contribution is -2.52. The van der Waals surface area contributed by atoms with Crippen LogP contribution in [0.4, 0.5) is 18.7 Å². The summed E-state index contributed by atoms with van der Waals surface area (Å²) in [5.41, 5.74) is 0.753. The Bertz CT molecular complexity index is 1850. The molecule has 1 aromatic heterocycles. The highest BCUT2D eigenvalue weighted by molar-refractivity contribution is 7.89. The van der Waals surface area contributed by atoms with E-state index in [0.29, 0.717) is 30.3 Å². The standard InChI is InChI=1S/C34H40F2N4O7S2/c1-34(8-9-34)17-40(49(43,44)21-5-7-26-29(13-21)48-32(38-26)37-20-3-4-20)14-28(41)27(11-18-2-6-24(35)25(36)10-18)39-33(42)47-30-19-12-22-23(30)16-46-31(22)45-15-19/h2,5-7,10,13,19-20,22-23,27-28,30-31,41H,3-4,8-9,11-12,14-17H2,1H3,(H,37,38)(H,39,42)/t19?,22?,23?,27-,28+,30?,31?/m0/s1. The number of thiazole rings is 1. The summed E-state index contributed by atoms with van der Waals surface area (Å²) in [4.78, 5) is 18.1. The first-order valence-corrected chi connectivity index (χ1v) is 19.2. The van der Waals surface area contributed by atoms with E-state index in [-0.39, 0.29) is 53.9 Å². The molecule has 264 valence electrons. The quantitative estimate of drug-likeness (QED) is 0.231. The number of nitrogens with one attached hydrogen (secondary N) is 2. The Morgan fingerprint density at radius 3 is 2.69 bits per heavy atom. The van der Waals surface area contributed by atoms with Gasteiger partial charge in [-0.3, -0.25) is 0 Å². The Labute approximate surface area is 287 Å². The van der Waals surface area contributed by atoms with Crippen molar-refractivity contribution < 1.29 is 41.3 Å². The molecule has 0 radical (unpaired) electrons. The summed E-state index contributed by atoms with van der Waals surface area (Å²) < 4.78 is 76.0. The highest BCUT2D eigenvalue weighted by Gasteiger charge is 2.56. The van der Waals surface area contributed by atoms with Gasteiger partial charge >= 0.3 is 6.09 Å². The molecule has 7 atom stereocenters. The van der Waals surface area contributed by atoms with E-state index < -0.39 is 46.0 Å². The second-order valence-corrected chi connectivity index (χ2v) is 17.6. The Balaban J connectivity index is 1.04. The maximum Gasteiger partial charge on any atom is 0.407 e. The van der Waals surface area contributed by atoms with Gasteiger partial charge in [-0.2, -0.15) is 4.31 Å². The highest BCUT2D eigenvalue weighted by atomic mass is 32.2. The largest absolute Gasteiger partial charge is 0.445 e. The second-order valence-electron chi connectivity index (χ2n) is 14.7. The van der Waals surface area contributed by atoms with Crippen LogP contribution >= 0.6 is 11.3 Å². The van der Waals surface area contributed by atoms with E-state index in [1.54, 1.807) is 12.1 Å². The zero-order chi connectivity index (χ0) is 34.1. The lowest BCUT2D eigenvalue weighted by molar-refractivity contribution is -0.169. The van der Waals surface area contributed by atoms with Crippen LogP contribution in [0.25, 0.3) is 10.2 Å². The van der Waals surface area contributed by atoms with Crippen LogP contribution < -0.4 is 10.6 Å². The Kier molecular flexibility index (Phi) is 8.59. The van der Waals surface area contributed by atoms with Crippen LogP contribution in [0.1, 0.15) is 44.6 Å². The van der Waals surface area contributed by atoms with E-state index in [1.165, 1.54) is 27.8 Å². The van der Waals surface area contributed by atoms with Gasteiger partial charge in [-0.15, -0.1) is 0 Å². The van der Waals surface area contributed by atoms with Crippen LogP contribution in [0.3, 0.4) is 0 Å². The van der Waals surface area contributed by atoms with Crippen molar-refractivity contribution in [2.45, 2.75) is 80.9 Å². The minimum absolute atomic E-state index is 0.00538. The molecule has 5 unspecified atom stereocenters. The van der Waals surface area contributed by atoms with E-state index in [4.69, 9.17) is 14.2 Å². The van der Waals surface area contributed by atoms with E-state index >= 15 is 0 Å². The van der Waals surface area contributed by atoms with Crippen molar-refractivity contribution in [1.82, 2.24) is 14.6 Å². The number of ether oxygens (including phenoxy) is 3. The SMILES string of the molecule is CC1(CN(C[C@@H](O)[C@H](Cc2ccc(F)c(F)c2)NC(=O)OC2C3COC4OCC2C4C3)S(=O)(=O)c2ccc3nc(NC4CC4)sc3c2)CC1. The number of alkyl carbamates (subject to hydrolysis) is 1. The molecule has 2 aliphatic heterocycles. The van der Waals surface area contributed by atoms with Crippen LogP contribution in [0.15, 0.2) is 41.3 Å². The normalized spacial score (nSPS) is 28.1. The van der Waals surface area contributed by atoms with E-state index in [1.807, 2.05) is 6.92 Å². The van der Waals surface area contributed by atoms with Crippen LogP contribution in [0.5, 0.6) is 0 Å². The number of nitrogens with zero attached hydrogens (tertiary/aromatic N) is 2. The van der Waals surface area contributed by atoms with Crippen LogP contribution in [-0.4, -0.2) is 85.8 Å². The molecular weight excluding hydrogens is 679 g/mol. The number of aliphatic hydroxyl groups is 1. The van der Waals surface area contributed by atoms with Crippen molar-refractivity contribution in [3.63, 3.8) is 0 Å². The van der Waals surface area contributed by atoms with Gasteiger partial charge in [0, 0.05) is 36.9 Å². The molecule has 3 N–H and O–H groups in total. The number of carbonyl (C=O) groups excluding carboxylic acids is 1. The summed E-state index contributed by atoms with van der Waals surface area (Å²) in [6, 6.07) is 7.50. The first-order chi connectivity index (χ1) is 23.4. The van der Waals surface area contributed by atoms with E-state index in [0.717, 1.165) is 54.1 Å². The van der Waals surface area contributed by atoms with Gasteiger partial charge in [0.25, 0.3) is 0 Å². The fourth-order valence-corrected chi connectivity index (χ4v) is 10.1. The molecule has 3 aliphatic carbocycles. The Morgan fingerprint density at radius 1 is 1.14 bits per heavy atom. The fourth-order valence-electron chi connectivity index (χ4n) is 7.42. The molecule has 15 heteroatoms. The molecule has 3 aromatic rings. The molecule has 3 heterocycles. The number of rotatable bonds is 13. The molecule has 2 aromatic carbocycles. The van der Waals surface area contributed by atoms with Gasteiger partial charge in [0.1, 0.15) is 6.10 Å². The second kappa shape index (κ2) is 12.7. The van der Waals surface area contributed by atoms with Gasteiger partial charge in [0.05, 0.1) is 40.5 Å². The number of anilines is 1. The van der Waals surface area contributed by atoms with Crippen LogP contribution in [-0.2, 0) is 30.7 Å². The summed E-state index contributed by atoms with van der Waals surface area (Å²) in [6.45, 7) is 2.65. The monoisotopic (exact) mass is 718 g/mol. The summed E-state index contributed by atoms with van der Waals surface area (Å²) in [6.07, 6.45) is 1.62. The molecule has 2 bridgehead atoms. The minimum Gasteiger partial charge on any atom is -0.445 e. The average Bonchev–Trinajstić information content (AvgIpc) is 3.90. The van der Waals surface area contributed by atoms with Gasteiger partial charge in [-0.25, -0.2) is 27.0 Å². The molecule has 49 heavy (non-hydrogen) atoms. The maximum atomic E-state index is 14.3. The van der Waals surface area contributed by atoms with Gasteiger partial charge < -0.3 is 30.0 Å². The predicted octanol–water partition coefficient (Wildman–Crippen LogP) is 4.65. The Hall–Kier alpha value is -2.95. The first-order valence-electron chi connectivity index (χ1n) is 16.9. The van der Waals surface area contributed by atoms with Crippen molar-refractivity contribution in [3.05, 3.63) is 53.6 Å². The number of amides is 1. The highest BCUT2D eigenvalue weighted by Crippen LogP contribution is 2.49. The fraction of sp³-hybridized carbons (Fsp3) is 0.588. The molecule has 3 saturated carbocycles. The number of hydrogen-bond acceptors (Lipinski definition) is 10. The third kappa shape index (κ3) is 6.89. The molecule has 11 nitrogen and oxygen atoms in total. The number of halogens is 2. The number of hydrogen-bond donors (Lipinski definition) is 3. The summed E-state index contributed by atoms with van der Waals surface area (Å²) in [7, 11) is -4.11. The van der Waals surface area contributed by atoms with E-state index in [2.05, 4.69) is 15.6 Å². The lowest BCUT2D eigenvalue weighted by atomic mass is 9.98. The molecule has 8 rings (SSSR count).